The Hall–Kier alpha value is -3.85. The van der Waals surface area contributed by atoms with Crippen LogP contribution in [0.2, 0.25) is 0 Å². The molecule has 2 amide bonds. The summed E-state index contributed by atoms with van der Waals surface area (Å²) in [6.45, 7) is 6.05. The first kappa shape index (κ1) is 29.7. The van der Waals surface area contributed by atoms with Crippen LogP contribution in [0.5, 0.6) is 17.2 Å². The number of carbonyl (C=O) groups excluding carboxylic acids is 2. The van der Waals surface area contributed by atoms with Crippen molar-refractivity contribution in [2.45, 2.75) is 39.8 Å². The van der Waals surface area contributed by atoms with E-state index >= 15 is 0 Å². The highest BCUT2D eigenvalue weighted by atomic mass is 79.9. The second kappa shape index (κ2) is 14.9. The molecule has 0 aliphatic rings. The zero-order valence-corrected chi connectivity index (χ0v) is 24.2. The molecule has 0 aliphatic heterocycles. The van der Waals surface area contributed by atoms with Crippen LogP contribution in [0, 0.1) is 12.8 Å². The molecule has 206 valence electrons. The molecule has 0 aliphatic carbocycles. The molecular weight excluding hydrogens is 562 g/mol. The minimum absolute atomic E-state index is 0.172. The van der Waals surface area contributed by atoms with Gasteiger partial charge in [-0.25, -0.2) is 5.43 Å². The van der Waals surface area contributed by atoms with Gasteiger partial charge in [0.25, 0.3) is 11.8 Å². The lowest BCUT2D eigenvalue weighted by molar-refractivity contribution is -0.130. The Balaban J connectivity index is 1.60. The van der Waals surface area contributed by atoms with E-state index in [9.17, 15) is 9.59 Å². The molecule has 0 saturated heterocycles. The summed E-state index contributed by atoms with van der Waals surface area (Å²) >= 11 is 3.53. The maximum atomic E-state index is 12.9. The van der Waals surface area contributed by atoms with Crippen molar-refractivity contribution in [3.05, 3.63) is 87.9 Å². The number of rotatable bonds is 13. The molecule has 0 bridgehead atoms. The van der Waals surface area contributed by atoms with Gasteiger partial charge in [-0.05, 0) is 70.1 Å². The van der Waals surface area contributed by atoms with E-state index < -0.39 is 11.9 Å². The molecule has 0 aromatic heterocycles. The third-order valence-corrected chi connectivity index (χ3v) is 6.27. The van der Waals surface area contributed by atoms with Gasteiger partial charge in [0, 0.05) is 0 Å². The van der Waals surface area contributed by atoms with Gasteiger partial charge in [0.05, 0.1) is 17.8 Å². The van der Waals surface area contributed by atoms with Gasteiger partial charge in [-0.1, -0.05) is 62.4 Å². The molecule has 3 aromatic carbocycles. The largest absolute Gasteiger partial charge is 0.493 e. The summed E-state index contributed by atoms with van der Waals surface area (Å²) in [5.41, 5.74) is 5.17. The number of benzene rings is 3. The summed E-state index contributed by atoms with van der Waals surface area (Å²) in [6.07, 6.45) is 1.95. The number of amides is 2. The Morgan fingerprint density at radius 2 is 1.72 bits per heavy atom. The Kier molecular flexibility index (Phi) is 11.4. The van der Waals surface area contributed by atoms with Crippen LogP contribution in [0.4, 0.5) is 0 Å². The summed E-state index contributed by atoms with van der Waals surface area (Å²) < 4.78 is 17.8. The number of methoxy groups -OCH3 is 1. The van der Waals surface area contributed by atoms with Crippen LogP contribution in [0.1, 0.15) is 37.0 Å². The van der Waals surface area contributed by atoms with E-state index in [1.807, 2.05) is 75.4 Å². The third kappa shape index (κ3) is 9.44. The molecule has 0 heterocycles. The molecule has 0 spiro atoms. The third-order valence-electron chi connectivity index (χ3n) is 5.68. The first-order chi connectivity index (χ1) is 18.8. The van der Waals surface area contributed by atoms with Gasteiger partial charge in [0.1, 0.15) is 18.4 Å². The molecular formula is C30H34BrN3O5. The van der Waals surface area contributed by atoms with Crippen LogP contribution in [0.3, 0.4) is 0 Å². The molecule has 1 atom stereocenters. The van der Waals surface area contributed by atoms with Crippen LogP contribution in [0.15, 0.2) is 76.3 Å². The highest BCUT2D eigenvalue weighted by molar-refractivity contribution is 9.10. The van der Waals surface area contributed by atoms with E-state index in [0.29, 0.717) is 40.3 Å². The van der Waals surface area contributed by atoms with Crippen LogP contribution >= 0.6 is 15.9 Å². The fraction of sp³-hybridized carbons (Fsp3) is 0.300. The lowest BCUT2D eigenvalue weighted by atomic mass is 10.0. The molecule has 0 saturated carbocycles. The maximum Gasteiger partial charge on any atom is 0.262 e. The Bertz CT molecular complexity index is 1280. The quantitative estimate of drug-likeness (QED) is 0.203. The average Bonchev–Trinajstić information content (AvgIpc) is 2.91. The fourth-order valence-electron chi connectivity index (χ4n) is 3.73. The van der Waals surface area contributed by atoms with E-state index in [1.54, 1.807) is 19.2 Å². The molecule has 3 rings (SSSR count). The van der Waals surface area contributed by atoms with Crippen molar-refractivity contribution in [3.63, 3.8) is 0 Å². The van der Waals surface area contributed by atoms with Crippen LogP contribution in [-0.4, -0.2) is 37.8 Å². The van der Waals surface area contributed by atoms with Crippen molar-refractivity contribution in [1.82, 2.24) is 10.7 Å². The first-order valence-electron chi connectivity index (χ1n) is 12.6. The normalized spacial score (nSPS) is 11.7. The number of aryl methyl sites for hydroxylation is 1. The summed E-state index contributed by atoms with van der Waals surface area (Å²) in [7, 11) is 1.56. The second-order valence-corrected chi connectivity index (χ2v) is 10.2. The summed E-state index contributed by atoms with van der Waals surface area (Å²) in [5, 5.41) is 6.85. The van der Waals surface area contributed by atoms with Gasteiger partial charge in [-0.3, -0.25) is 9.59 Å². The highest BCUT2D eigenvalue weighted by Gasteiger charge is 2.22. The summed E-state index contributed by atoms with van der Waals surface area (Å²) in [4.78, 5) is 25.4. The zero-order chi connectivity index (χ0) is 28.2. The molecule has 0 unspecified atom stereocenters. The topological polar surface area (TPSA) is 98.2 Å². The number of para-hydroxylation sites is 1. The van der Waals surface area contributed by atoms with Crippen molar-refractivity contribution in [1.29, 1.82) is 0 Å². The van der Waals surface area contributed by atoms with Crippen molar-refractivity contribution < 1.29 is 23.8 Å². The van der Waals surface area contributed by atoms with E-state index in [0.717, 1.165) is 11.1 Å². The molecule has 2 N–H and O–H groups in total. The predicted molar refractivity (Wildman–Crippen MR) is 155 cm³/mol. The predicted octanol–water partition coefficient (Wildman–Crippen LogP) is 5.41. The van der Waals surface area contributed by atoms with Gasteiger partial charge >= 0.3 is 0 Å². The van der Waals surface area contributed by atoms with Crippen LogP contribution in [-0.2, 0) is 16.2 Å². The van der Waals surface area contributed by atoms with E-state index in [1.165, 1.54) is 6.21 Å². The zero-order valence-electron chi connectivity index (χ0n) is 22.6. The standard InChI is InChI=1S/C30H34BrN3O5/c1-20(2)14-25(33-28(35)19-38-26-13-9-8-10-21(26)3)30(36)34-32-17-23-15-24(31)29(27(16-23)37-4)39-18-22-11-6-5-7-12-22/h5-13,15-17,20,25H,14,18-19H2,1-4H3,(H,33,35)(H,34,36)/b32-17-/t25-/m0/s1. The number of nitrogens with one attached hydrogen (secondary N) is 2. The lowest BCUT2D eigenvalue weighted by Gasteiger charge is -2.19. The van der Waals surface area contributed by atoms with Crippen molar-refractivity contribution in [2.75, 3.05) is 13.7 Å². The maximum absolute atomic E-state index is 12.9. The minimum Gasteiger partial charge on any atom is -0.493 e. The lowest BCUT2D eigenvalue weighted by Crippen LogP contribution is -2.47. The SMILES string of the molecule is COc1cc(/C=N\NC(=O)[C@H](CC(C)C)NC(=O)COc2ccccc2C)cc(Br)c1OCc1ccccc1. The van der Waals surface area contributed by atoms with Gasteiger partial charge in [0.2, 0.25) is 0 Å². The average molecular weight is 597 g/mol. The summed E-state index contributed by atoms with van der Waals surface area (Å²) in [6, 6.07) is 20.1. The number of hydrogen-bond donors (Lipinski definition) is 2. The van der Waals surface area contributed by atoms with Gasteiger partial charge in [-0.2, -0.15) is 5.10 Å². The number of nitrogens with zero attached hydrogens (tertiary/aromatic N) is 1. The van der Waals surface area contributed by atoms with Crippen LogP contribution in [0.25, 0.3) is 0 Å². The van der Waals surface area contributed by atoms with Crippen molar-refractivity contribution in [3.8, 4) is 17.2 Å². The molecule has 8 nitrogen and oxygen atoms in total. The van der Waals surface area contributed by atoms with Crippen LogP contribution < -0.4 is 25.0 Å². The van der Waals surface area contributed by atoms with E-state index in [2.05, 4.69) is 31.8 Å². The Morgan fingerprint density at radius 3 is 2.41 bits per heavy atom. The fourth-order valence-corrected chi connectivity index (χ4v) is 4.31. The van der Waals surface area contributed by atoms with Gasteiger partial charge in [-0.15, -0.1) is 0 Å². The number of carbonyl (C=O) groups is 2. The molecule has 0 radical (unpaired) electrons. The number of ether oxygens (including phenoxy) is 3. The monoisotopic (exact) mass is 595 g/mol. The molecule has 3 aromatic rings. The van der Waals surface area contributed by atoms with Crippen molar-refractivity contribution in [2.24, 2.45) is 11.0 Å². The van der Waals surface area contributed by atoms with Crippen molar-refractivity contribution >= 4 is 34.0 Å². The number of hydrazone groups is 1. The molecule has 39 heavy (non-hydrogen) atoms. The summed E-state index contributed by atoms with van der Waals surface area (Å²) in [5.74, 6) is 1.08. The Labute approximate surface area is 237 Å². The molecule has 9 heteroatoms. The number of hydrogen-bond acceptors (Lipinski definition) is 6. The molecule has 0 fully saturated rings. The smallest absolute Gasteiger partial charge is 0.262 e. The number of halogens is 1. The van der Waals surface area contributed by atoms with Gasteiger partial charge < -0.3 is 19.5 Å². The van der Waals surface area contributed by atoms with E-state index in [-0.39, 0.29) is 18.4 Å². The van der Waals surface area contributed by atoms with Gasteiger partial charge in [0.15, 0.2) is 18.1 Å². The van der Waals surface area contributed by atoms with E-state index in [4.69, 9.17) is 14.2 Å². The minimum atomic E-state index is -0.759. The first-order valence-corrected chi connectivity index (χ1v) is 13.4. The second-order valence-electron chi connectivity index (χ2n) is 9.35. The Morgan fingerprint density at radius 1 is 1.00 bits per heavy atom. The highest BCUT2D eigenvalue weighted by Crippen LogP contribution is 2.36.